The van der Waals surface area contributed by atoms with Gasteiger partial charge >= 0.3 is 18.5 Å². The average Bonchev–Trinajstić information content (AvgIpc) is 3.74. The highest BCUT2D eigenvalue weighted by Crippen LogP contribution is 2.46. The Labute approximate surface area is 320 Å². The predicted molar refractivity (Wildman–Crippen MR) is 197 cm³/mol. The number of amides is 1. The first-order valence-corrected chi connectivity index (χ1v) is 19.1. The van der Waals surface area contributed by atoms with Gasteiger partial charge in [0, 0.05) is 24.0 Å². The summed E-state index contributed by atoms with van der Waals surface area (Å²) >= 11 is 0. The number of alkyl halides is 3. The van der Waals surface area contributed by atoms with Crippen LogP contribution in [0.2, 0.25) is 0 Å². The first kappa shape index (κ1) is 36.8. The summed E-state index contributed by atoms with van der Waals surface area (Å²) in [7, 11) is 0. The fourth-order valence-corrected chi connectivity index (χ4v) is 9.98. The first-order chi connectivity index (χ1) is 26.6. The van der Waals surface area contributed by atoms with E-state index in [1.54, 1.807) is 24.3 Å². The minimum absolute atomic E-state index is 0.0159. The average molecular weight is 777 g/mol. The Morgan fingerprint density at radius 1 is 1.02 bits per heavy atom. The topological polar surface area (TPSA) is 93.2 Å². The molecule has 2 aromatic carbocycles. The summed E-state index contributed by atoms with van der Waals surface area (Å²) in [6.45, 7) is 6.57. The van der Waals surface area contributed by atoms with E-state index in [0.717, 1.165) is 19.3 Å². The SMILES string of the molecule is C#Cc1c(F)ccc2cccc(-c3nc4c5c(nc(OC[C@]67CCCN6C[C@H](OC(F)(F)F)C7)nc5c3F)N3C[C@H]5CC[C@@H]([C@H]3CC4)N5C(=O)OC(C)(C)C)c12. The second kappa shape index (κ2) is 13.1. The summed E-state index contributed by atoms with van der Waals surface area (Å²) in [5.74, 6) is 1.45. The van der Waals surface area contributed by atoms with Crippen molar-refractivity contribution in [1.29, 1.82) is 0 Å². The summed E-state index contributed by atoms with van der Waals surface area (Å²) < 4.78 is 88.8. The lowest BCUT2D eigenvalue weighted by atomic mass is 9.94. The van der Waals surface area contributed by atoms with E-state index in [1.807, 2.05) is 30.6 Å². The smallest absolute Gasteiger partial charge is 0.461 e. The molecule has 4 saturated heterocycles. The Morgan fingerprint density at radius 2 is 1.84 bits per heavy atom. The van der Waals surface area contributed by atoms with Crippen molar-refractivity contribution in [3.63, 3.8) is 0 Å². The highest BCUT2D eigenvalue weighted by atomic mass is 19.4. The maximum Gasteiger partial charge on any atom is 0.522 e. The van der Waals surface area contributed by atoms with Crippen molar-refractivity contribution < 1.29 is 41.0 Å². The lowest BCUT2D eigenvalue weighted by Gasteiger charge is -2.47. The van der Waals surface area contributed by atoms with Crippen molar-refractivity contribution in [2.75, 3.05) is 31.1 Å². The van der Waals surface area contributed by atoms with Crippen LogP contribution >= 0.6 is 0 Å². The van der Waals surface area contributed by atoms with Crippen molar-refractivity contribution in [2.45, 2.75) is 107 Å². The molecule has 9 rings (SSSR count). The van der Waals surface area contributed by atoms with E-state index >= 15 is 8.78 Å². The van der Waals surface area contributed by atoms with Gasteiger partial charge in [-0.3, -0.25) is 14.5 Å². The third-order valence-corrected chi connectivity index (χ3v) is 12.1. The molecule has 0 unspecified atom stereocenters. The van der Waals surface area contributed by atoms with Gasteiger partial charge in [-0.1, -0.05) is 30.2 Å². The van der Waals surface area contributed by atoms with Gasteiger partial charge in [-0.05, 0) is 83.7 Å². The zero-order valence-electron chi connectivity index (χ0n) is 31.3. The van der Waals surface area contributed by atoms with Gasteiger partial charge in [0.25, 0.3) is 0 Å². The molecule has 15 heteroatoms. The molecular weight excluding hydrogens is 735 g/mol. The number of nitrogens with zero attached hydrogens (tertiary/aromatic N) is 6. The van der Waals surface area contributed by atoms with Crippen LogP contribution in [0.1, 0.15) is 70.6 Å². The number of hydrogen-bond acceptors (Lipinski definition) is 9. The van der Waals surface area contributed by atoms with Crippen LogP contribution in [0, 0.1) is 24.0 Å². The highest BCUT2D eigenvalue weighted by Gasteiger charge is 2.53. The minimum Gasteiger partial charge on any atom is -0.461 e. The summed E-state index contributed by atoms with van der Waals surface area (Å²) in [5, 5.41) is 1.36. The maximum atomic E-state index is 17.4. The van der Waals surface area contributed by atoms with Crippen LogP contribution < -0.4 is 9.64 Å². The number of aromatic nitrogens is 3. The molecule has 5 atom stereocenters. The Balaban J connectivity index is 1.17. The van der Waals surface area contributed by atoms with Crippen LogP contribution in [0.5, 0.6) is 6.01 Å². The molecule has 5 aliphatic rings. The number of pyridine rings is 1. The number of rotatable bonds is 5. The summed E-state index contributed by atoms with van der Waals surface area (Å²) in [4.78, 5) is 34.0. The molecule has 7 heterocycles. The van der Waals surface area contributed by atoms with Gasteiger partial charge in [0.05, 0.1) is 46.4 Å². The number of carbonyl (C=O) groups is 1. The quantitative estimate of drug-likeness (QED) is 0.151. The molecule has 0 saturated carbocycles. The van der Waals surface area contributed by atoms with Crippen LogP contribution in [0.4, 0.5) is 32.6 Å². The van der Waals surface area contributed by atoms with Crippen molar-refractivity contribution >= 4 is 33.6 Å². The van der Waals surface area contributed by atoms with Crippen LogP contribution in [-0.2, 0) is 15.9 Å². The van der Waals surface area contributed by atoms with E-state index < -0.39 is 35.2 Å². The van der Waals surface area contributed by atoms with Gasteiger partial charge in [0.2, 0.25) is 0 Å². The molecule has 0 N–H and O–H groups in total. The molecule has 10 nitrogen and oxygen atoms in total. The van der Waals surface area contributed by atoms with Crippen molar-refractivity contribution in [2.24, 2.45) is 0 Å². The van der Waals surface area contributed by atoms with Gasteiger partial charge < -0.3 is 14.4 Å². The molecule has 0 radical (unpaired) electrons. The molecule has 4 fully saturated rings. The monoisotopic (exact) mass is 776 g/mol. The van der Waals surface area contributed by atoms with Gasteiger partial charge in [-0.15, -0.1) is 19.6 Å². The number of hydrogen-bond donors (Lipinski definition) is 0. The highest BCUT2D eigenvalue weighted by molar-refractivity contribution is 6.03. The van der Waals surface area contributed by atoms with Crippen LogP contribution in [-0.4, -0.2) is 98.8 Å². The molecule has 4 aromatic rings. The third kappa shape index (κ3) is 6.16. The van der Waals surface area contributed by atoms with E-state index in [4.69, 9.17) is 25.9 Å². The standard InChI is InChI=1S/C41H41F5N6O4/c1-5-25-27(42)12-10-22-8-6-9-26(31(22)25)34-33(43)35-32-28(47-34)13-15-29-30-14-11-23(52(30)38(53)56-39(2,3)4)19-51(29)36(32)49-37(48-35)54-21-40-16-7-17-50(40)20-24(18-40)55-41(44,45)46/h1,6,8-10,12,23-24,29-30H,7,11,13-21H2,2-4H3/t23-,24-,29-,30+,40-/m1/s1. The van der Waals surface area contributed by atoms with Crippen molar-refractivity contribution in [3.8, 4) is 29.6 Å². The Kier molecular flexibility index (Phi) is 8.63. The second-order valence-corrected chi connectivity index (χ2v) is 16.6. The molecule has 0 spiro atoms. The molecule has 0 aliphatic carbocycles. The van der Waals surface area contributed by atoms with Crippen molar-refractivity contribution in [1.82, 2.24) is 24.8 Å². The third-order valence-electron chi connectivity index (χ3n) is 12.1. The lowest BCUT2D eigenvalue weighted by Crippen LogP contribution is -2.62. The normalized spacial score (nSPS) is 26.0. The van der Waals surface area contributed by atoms with Gasteiger partial charge in [-0.25, -0.2) is 18.6 Å². The maximum absolute atomic E-state index is 17.4. The predicted octanol–water partition coefficient (Wildman–Crippen LogP) is 7.53. The number of carbonyl (C=O) groups excluding carboxylic acids is 1. The molecule has 294 valence electrons. The number of fused-ring (bicyclic) bond motifs is 7. The largest absolute Gasteiger partial charge is 0.522 e. The van der Waals surface area contributed by atoms with E-state index in [2.05, 4.69) is 20.5 Å². The zero-order valence-corrected chi connectivity index (χ0v) is 31.3. The van der Waals surface area contributed by atoms with E-state index in [9.17, 15) is 18.0 Å². The number of piperazine rings is 1. The number of anilines is 1. The molecule has 2 aromatic heterocycles. The van der Waals surface area contributed by atoms with Crippen LogP contribution in [0.25, 0.3) is 32.9 Å². The fraction of sp³-hybridized carbons (Fsp3) is 0.512. The zero-order chi connectivity index (χ0) is 39.3. The number of terminal acetylenes is 1. The lowest BCUT2D eigenvalue weighted by molar-refractivity contribution is -0.340. The summed E-state index contributed by atoms with van der Waals surface area (Å²) in [6.07, 6.45) is 3.49. The molecule has 5 aliphatic heterocycles. The number of aryl methyl sites for hydroxylation is 1. The van der Waals surface area contributed by atoms with Gasteiger partial charge in [-0.2, -0.15) is 9.97 Å². The second-order valence-electron chi connectivity index (χ2n) is 16.6. The van der Waals surface area contributed by atoms with Crippen LogP contribution in [0.15, 0.2) is 30.3 Å². The molecule has 1 amide bonds. The fourth-order valence-electron chi connectivity index (χ4n) is 9.98. The molecule has 56 heavy (non-hydrogen) atoms. The number of ether oxygens (including phenoxy) is 3. The Bertz CT molecular complexity index is 2310. The summed E-state index contributed by atoms with van der Waals surface area (Å²) in [6, 6.07) is 7.23. The van der Waals surface area contributed by atoms with E-state index in [-0.39, 0.29) is 66.6 Å². The van der Waals surface area contributed by atoms with E-state index in [1.165, 1.54) is 6.07 Å². The minimum atomic E-state index is -4.77. The van der Waals surface area contributed by atoms with Crippen LogP contribution in [0.3, 0.4) is 0 Å². The van der Waals surface area contributed by atoms with Gasteiger partial charge in [0.15, 0.2) is 5.82 Å². The number of halogens is 5. The molecular formula is C41H41F5N6O4. The summed E-state index contributed by atoms with van der Waals surface area (Å²) in [5.41, 5.74) is -0.720. The Hall–Kier alpha value is -4.81. The number of benzene rings is 2. The molecule has 2 bridgehead atoms. The Morgan fingerprint density at radius 3 is 2.61 bits per heavy atom. The van der Waals surface area contributed by atoms with E-state index in [0.29, 0.717) is 65.6 Å². The first-order valence-electron chi connectivity index (χ1n) is 19.1. The van der Waals surface area contributed by atoms with Crippen molar-refractivity contribution in [3.05, 3.63) is 53.2 Å². The van der Waals surface area contributed by atoms with Gasteiger partial charge in [0.1, 0.15) is 35.1 Å².